The molecule has 0 aliphatic carbocycles. The van der Waals surface area contributed by atoms with E-state index >= 15 is 0 Å². The molecular weight excluding hydrogens is 300 g/mol. The van der Waals surface area contributed by atoms with E-state index in [1.165, 1.54) is 0 Å². The highest BCUT2D eigenvalue weighted by atomic mass is 35.5. The minimum absolute atomic E-state index is 0.585. The molecular formula is C17H17ClN2O2. The van der Waals surface area contributed by atoms with E-state index in [-0.39, 0.29) is 0 Å². The first-order chi connectivity index (χ1) is 10.7. The third kappa shape index (κ3) is 3.52. The van der Waals surface area contributed by atoms with Gasteiger partial charge in [0.15, 0.2) is 11.5 Å². The fourth-order valence-electron chi connectivity index (χ4n) is 2.18. The van der Waals surface area contributed by atoms with Crippen molar-refractivity contribution in [2.45, 2.75) is 13.5 Å². The Morgan fingerprint density at radius 3 is 2.59 bits per heavy atom. The third-order valence-corrected chi connectivity index (χ3v) is 3.66. The second kappa shape index (κ2) is 6.71. The van der Waals surface area contributed by atoms with Crippen molar-refractivity contribution >= 4 is 17.3 Å². The van der Waals surface area contributed by atoms with E-state index < -0.39 is 0 Å². The Labute approximate surface area is 134 Å². The molecule has 114 valence electrons. The van der Waals surface area contributed by atoms with Crippen molar-refractivity contribution in [3.05, 3.63) is 58.6 Å². The van der Waals surface area contributed by atoms with Gasteiger partial charge >= 0.3 is 0 Å². The molecule has 2 aromatic carbocycles. The monoisotopic (exact) mass is 316 g/mol. The first-order valence-electron chi connectivity index (χ1n) is 7.14. The van der Waals surface area contributed by atoms with Crippen LogP contribution in [0.2, 0.25) is 5.02 Å². The third-order valence-electron chi connectivity index (χ3n) is 3.40. The molecule has 3 rings (SSSR count). The van der Waals surface area contributed by atoms with Crippen LogP contribution >= 0.6 is 11.6 Å². The lowest BCUT2D eigenvalue weighted by Crippen LogP contribution is -2.16. The van der Waals surface area contributed by atoms with E-state index in [9.17, 15) is 0 Å². The zero-order valence-corrected chi connectivity index (χ0v) is 13.1. The summed E-state index contributed by atoms with van der Waals surface area (Å²) in [4.78, 5) is 0. The van der Waals surface area contributed by atoms with Crippen LogP contribution in [0, 0.1) is 0 Å². The Kier molecular flexibility index (Phi) is 4.49. The van der Waals surface area contributed by atoms with Gasteiger partial charge in [-0.3, -0.25) is 0 Å². The van der Waals surface area contributed by atoms with Crippen LogP contribution in [0.4, 0.5) is 0 Å². The molecule has 0 unspecified atom stereocenters. The van der Waals surface area contributed by atoms with E-state index in [0.717, 1.165) is 33.4 Å². The van der Waals surface area contributed by atoms with Crippen LogP contribution in [0.25, 0.3) is 0 Å². The molecule has 0 amide bonds. The average Bonchev–Trinajstić information content (AvgIpc) is 2.56. The summed E-state index contributed by atoms with van der Waals surface area (Å²) in [5.74, 6) is 1.56. The molecule has 0 saturated heterocycles. The standard InChI is InChI=1S/C17H17ClN2O2/c1-12(20-19-11-13-2-5-15(18)6-3-13)14-4-7-16-17(10-14)22-9-8-21-16/h2-7,10,19H,8-9,11H2,1H3/b20-12-. The lowest BCUT2D eigenvalue weighted by molar-refractivity contribution is 0.171. The highest BCUT2D eigenvalue weighted by Crippen LogP contribution is 2.30. The summed E-state index contributed by atoms with van der Waals surface area (Å²) >= 11 is 5.86. The molecule has 1 heterocycles. The van der Waals surface area contributed by atoms with Crippen LogP contribution in [0.5, 0.6) is 11.5 Å². The maximum absolute atomic E-state index is 5.86. The van der Waals surface area contributed by atoms with Crippen molar-refractivity contribution in [2.24, 2.45) is 5.10 Å². The van der Waals surface area contributed by atoms with Crippen molar-refractivity contribution in [3.8, 4) is 11.5 Å². The van der Waals surface area contributed by atoms with Gasteiger partial charge in [0.1, 0.15) is 13.2 Å². The minimum Gasteiger partial charge on any atom is -0.486 e. The second-order valence-electron chi connectivity index (χ2n) is 5.02. The number of rotatable bonds is 4. The van der Waals surface area contributed by atoms with Gasteiger partial charge in [-0.2, -0.15) is 5.10 Å². The smallest absolute Gasteiger partial charge is 0.162 e. The maximum Gasteiger partial charge on any atom is 0.162 e. The van der Waals surface area contributed by atoms with E-state index in [4.69, 9.17) is 21.1 Å². The number of hydrogen-bond acceptors (Lipinski definition) is 4. The molecule has 0 aromatic heterocycles. The summed E-state index contributed by atoms with van der Waals surface area (Å²) < 4.78 is 11.1. The van der Waals surface area contributed by atoms with Crippen molar-refractivity contribution in [2.75, 3.05) is 13.2 Å². The summed E-state index contributed by atoms with van der Waals surface area (Å²) in [6, 6.07) is 13.6. The number of halogens is 1. The van der Waals surface area contributed by atoms with Crippen LogP contribution in [-0.4, -0.2) is 18.9 Å². The molecule has 5 heteroatoms. The molecule has 0 fully saturated rings. The van der Waals surface area contributed by atoms with Gasteiger partial charge in [0, 0.05) is 10.6 Å². The summed E-state index contributed by atoms with van der Waals surface area (Å²) in [6.45, 7) is 3.79. The minimum atomic E-state index is 0.585. The number of ether oxygens (including phenoxy) is 2. The molecule has 1 N–H and O–H groups in total. The molecule has 0 saturated carbocycles. The zero-order valence-electron chi connectivity index (χ0n) is 12.3. The second-order valence-corrected chi connectivity index (χ2v) is 5.45. The Hall–Kier alpha value is -2.20. The largest absolute Gasteiger partial charge is 0.486 e. The Bertz CT molecular complexity index is 684. The van der Waals surface area contributed by atoms with Gasteiger partial charge in [0.25, 0.3) is 0 Å². The normalized spacial score (nSPS) is 13.8. The lowest BCUT2D eigenvalue weighted by Gasteiger charge is -2.18. The van der Waals surface area contributed by atoms with E-state index in [0.29, 0.717) is 19.8 Å². The predicted octanol–water partition coefficient (Wildman–Crippen LogP) is 3.63. The van der Waals surface area contributed by atoms with Gasteiger partial charge < -0.3 is 14.9 Å². The van der Waals surface area contributed by atoms with Gasteiger partial charge in [-0.25, -0.2) is 0 Å². The number of hydrazone groups is 1. The summed E-state index contributed by atoms with van der Waals surface area (Å²) in [5.41, 5.74) is 6.10. The van der Waals surface area contributed by atoms with Gasteiger partial charge in [0.05, 0.1) is 12.3 Å². The number of nitrogens with zero attached hydrogens (tertiary/aromatic N) is 1. The van der Waals surface area contributed by atoms with Crippen molar-refractivity contribution in [3.63, 3.8) is 0 Å². The van der Waals surface area contributed by atoms with Crippen LogP contribution in [0.1, 0.15) is 18.1 Å². The SMILES string of the molecule is C/C(=N/NCc1ccc(Cl)cc1)c1ccc2c(c1)OCCO2. The number of benzene rings is 2. The molecule has 2 aromatic rings. The van der Waals surface area contributed by atoms with E-state index in [2.05, 4.69) is 10.5 Å². The predicted molar refractivity (Wildman–Crippen MR) is 87.9 cm³/mol. The molecule has 0 spiro atoms. The molecule has 4 nitrogen and oxygen atoms in total. The average molecular weight is 317 g/mol. The number of nitrogens with one attached hydrogen (secondary N) is 1. The Balaban J connectivity index is 1.65. The molecule has 22 heavy (non-hydrogen) atoms. The first kappa shape index (κ1) is 14.7. The lowest BCUT2D eigenvalue weighted by atomic mass is 10.1. The Morgan fingerprint density at radius 1 is 1.09 bits per heavy atom. The first-order valence-corrected chi connectivity index (χ1v) is 7.52. The maximum atomic E-state index is 5.86. The Morgan fingerprint density at radius 2 is 1.82 bits per heavy atom. The summed E-state index contributed by atoms with van der Waals surface area (Å²) in [6.07, 6.45) is 0. The zero-order chi connectivity index (χ0) is 15.4. The quantitative estimate of drug-likeness (QED) is 0.692. The molecule has 0 atom stereocenters. The molecule has 0 bridgehead atoms. The highest BCUT2D eigenvalue weighted by Gasteiger charge is 2.12. The highest BCUT2D eigenvalue weighted by molar-refractivity contribution is 6.30. The van der Waals surface area contributed by atoms with E-state index in [1.807, 2.05) is 49.4 Å². The molecule has 1 aliphatic rings. The van der Waals surface area contributed by atoms with Crippen LogP contribution in [-0.2, 0) is 6.54 Å². The molecule has 0 radical (unpaired) electrons. The molecule has 1 aliphatic heterocycles. The summed E-state index contributed by atoms with van der Waals surface area (Å²) in [5, 5.41) is 5.13. The van der Waals surface area contributed by atoms with Gasteiger partial charge in [-0.05, 0) is 42.8 Å². The topological polar surface area (TPSA) is 42.9 Å². The fraction of sp³-hybridized carbons (Fsp3) is 0.235. The fourth-order valence-corrected chi connectivity index (χ4v) is 2.31. The van der Waals surface area contributed by atoms with Gasteiger partial charge in [-0.1, -0.05) is 23.7 Å². The van der Waals surface area contributed by atoms with Crippen LogP contribution < -0.4 is 14.9 Å². The van der Waals surface area contributed by atoms with Crippen LogP contribution in [0.3, 0.4) is 0 Å². The number of hydrogen-bond donors (Lipinski definition) is 1. The van der Waals surface area contributed by atoms with Crippen molar-refractivity contribution < 1.29 is 9.47 Å². The van der Waals surface area contributed by atoms with Gasteiger partial charge in [-0.15, -0.1) is 0 Å². The van der Waals surface area contributed by atoms with Crippen molar-refractivity contribution in [1.82, 2.24) is 5.43 Å². The van der Waals surface area contributed by atoms with Gasteiger partial charge in [0.2, 0.25) is 0 Å². The summed E-state index contributed by atoms with van der Waals surface area (Å²) in [7, 11) is 0. The van der Waals surface area contributed by atoms with Crippen LogP contribution in [0.15, 0.2) is 47.6 Å². The van der Waals surface area contributed by atoms with E-state index in [1.54, 1.807) is 0 Å². The number of fused-ring (bicyclic) bond motifs is 1. The van der Waals surface area contributed by atoms with Crippen molar-refractivity contribution in [1.29, 1.82) is 0 Å².